The quantitative estimate of drug-likeness (QED) is 0.876. The minimum Gasteiger partial charge on any atom is -0.321 e. The van der Waals surface area contributed by atoms with E-state index in [1.54, 1.807) is 0 Å². The van der Waals surface area contributed by atoms with Crippen molar-refractivity contribution >= 4 is 11.3 Å². The third kappa shape index (κ3) is 2.64. The van der Waals surface area contributed by atoms with Crippen LogP contribution in [0.3, 0.4) is 0 Å². The minimum absolute atomic E-state index is 0.0643. The third-order valence-electron chi connectivity index (χ3n) is 3.37. The van der Waals surface area contributed by atoms with Crippen LogP contribution in [0, 0.1) is 5.92 Å². The molecule has 2 N–H and O–H groups in total. The average molecular weight is 238 g/mol. The lowest BCUT2D eigenvalue weighted by molar-refractivity contribution is 0.307. The van der Waals surface area contributed by atoms with Gasteiger partial charge in [0.1, 0.15) is 0 Å². The van der Waals surface area contributed by atoms with Gasteiger partial charge in [-0.05, 0) is 18.8 Å². The van der Waals surface area contributed by atoms with Crippen LogP contribution in [0.15, 0.2) is 6.20 Å². The smallest absolute Gasteiger partial charge is 0.0930 e. The normalized spacial score (nSPS) is 20.2. The van der Waals surface area contributed by atoms with Gasteiger partial charge in [0.2, 0.25) is 0 Å². The standard InChI is InChI=1S/C13H22N2S/c1-10(2)8-12-15-9-11(16-12)13(14)6-4-3-5-7-13/h9-10H,3-8,14H2,1-2H3. The first-order valence-corrected chi connectivity index (χ1v) is 7.16. The molecule has 2 nitrogen and oxygen atoms in total. The molecule has 1 aliphatic rings. The van der Waals surface area contributed by atoms with Gasteiger partial charge in [0.15, 0.2) is 0 Å². The van der Waals surface area contributed by atoms with Crippen LogP contribution < -0.4 is 5.73 Å². The number of rotatable bonds is 3. The summed E-state index contributed by atoms with van der Waals surface area (Å²) in [7, 11) is 0. The van der Waals surface area contributed by atoms with Crippen molar-refractivity contribution in [3.8, 4) is 0 Å². The van der Waals surface area contributed by atoms with Crippen molar-refractivity contribution in [2.75, 3.05) is 0 Å². The predicted molar refractivity (Wildman–Crippen MR) is 69.6 cm³/mol. The van der Waals surface area contributed by atoms with Gasteiger partial charge in [0.25, 0.3) is 0 Å². The molecule has 0 aromatic carbocycles. The Morgan fingerprint density at radius 2 is 2.06 bits per heavy atom. The Balaban J connectivity index is 2.10. The Morgan fingerprint density at radius 1 is 1.38 bits per heavy atom. The number of hydrogen-bond acceptors (Lipinski definition) is 3. The van der Waals surface area contributed by atoms with Crippen LogP contribution in [0.4, 0.5) is 0 Å². The minimum atomic E-state index is -0.0643. The molecule has 1 fully saturated rings. The van der Waals surface area contributed by atoms with Crippen molar-refractivity contribution in [2.45, 2.75) is 57.9 Å². The summed E-state index contributed by atoms with van der Waals surface area (Å²) in [6.07, 6.45) is 9.26. The van der Waals surface area contributed by atoms with Crippen molar-refractivity contribution in [3.05, 3.63) is 16.1 Å². The van der Waals surface area contributed by atoms with Crippen LogP contribution in [0.5, 0.6) is 0 Å². The first kappa shape index (κ1) is 12.1. The molecule has 0 radical (unpaired) electrons. The van der Waals surface area contributed by atoms with E-state index < -0.39 is 0 Å². The van der Waals surface area contributed by atoms with Gasteiger partial charge in [-0.2, -0.15) is 0 Å². The van der Waals surface area contributed by atoms with E-state index in [1.807, 2.05) is 17.5 Å². The van der Waals surface area contributed by atoms with Gasteiger partial charge in [-0.25, -0.2) is 4.98 Å². The molecule has 1 saturated carbocycles. The van der Waals surface area contributed by atoms with Crippen molar-refractivity contribution < 1.29 is 0 Å². The van der Waals surface area contributed by atoms with E-state index in [2.05, 4.69) is 18.8 Å². The molecular weight excluding hydrogens is 216 g/mol. The van der Waals surface area contributed by atoms with E-state index in [0.29, 0.717) is 5.92 Å². The Kier molecular flexibility index (Phi) is 3.65. The fourth-order valence-corrected chi connectivity index (χ4v) is 3.70. The lowest BCUT2D eigenvalue weighted by atomic mass is 9.82. The number of nitrogens with two attached hydrogens (primary N) is 1. The SMILES string of the molecule is CC(C)Cc1ncc(C2(N)CCCCC2)s1. The second-order valence-corrected chi connectivity index (χ2v) is 6.55. The first-order valence-electron chi connectivity index (χ1n) is 6.34. The molecule has 0 saturated heterocycles. The zero-order valence-corrected chi connectivity index (χ0v) is 11.1. The summed E-state index contributed by atoms with van der Waals surface area (Å²) in [4.78, 5) is 5.82. The first-order chi connectivity index (χ1) is 7.60. The predicted octanol–water partition coefficient (Wildman–Crippen LogP) is 3.46. The molecule has 3 heteroatoms. The number of hydrogen-bond donors (Lipinski definition) is 1. The largest absolute Gasteiger partial charge is 0.321 e. The molecule has 0 amide bonds. The third-order valence-corrected chi connectivity index (χ3v) is 4.61. The van der Waals surface area contributed by atoms with Crippen molar-refractivity contribution in [1.82, 2.24) is 4.98 Å². The summed E-state index contributed by atoms with van der Waals surface area (Å²) in [5, 5.41) is 1.25. The highest BCUT2D eigenvalue weighted by Crippen LogP contribution is 2.37. The Bertz CT molecular complexity index is 337. The van der Waals surface area contributed by atoms with Crippen LogP contribution in [0.2, 0.25) is 0 Å². The summed E-state index contributed by atoms with van der Waals surface area (Å²) in [6.45, 7) is 4.47. The maximum Gasteiger partial charge on any atom is 0.0930 e. The van der Waals surface area contributed by atoms with Crippen molar-refractivity contribution in [2.24, 2.45) is 11.7 Å². The topological polar surface area (TPSA) is 38.9 Å². The summed E-state index contributed by atoms with van der Waals surface area (Å²) >= 11 is 1.83. The van der Waals surface area contributed by atoms with Gasteiger partial charge >= 0.3 is 0 Å². The molecule has 1 aliphatic carbocycles. The van der Waals surface area contributed by atoms with Crippen molar-refractivity contribution in [3.63, 3.8) is 0 Å². The second kappa shape index (κ2) is 4.84. The number of nitrogens with zero attached hydrogens (tertiary/aromatic N) is 1. The monoisotopic (exact) mass is 238 g/mol. The average Bonchev–Trinajstić information content (AvgIpc) is 2.67. The molecule has 0 bridgehead atoms. The van der Waals surface area contributed by atoms with Crippen molar-refractivity contribution in [1.29, 1.82) is 0 Å². The fraction of sp³-hybridized carbons (Fsp3) is 0.769. The Morgan fingerprint density at radius 3 is 2.69 bits per heavy atom. The van der Waals surface area contributed by atoms with Crippen LogP contribution in [0.1, 0.15) is 55.8 Å². The van der Waals surface area contributed by atoms with E-state index in [9.17, 15) is 0 Å². The highest BCUT2D eigenvalue weighted by molar-refractivity contribution is 7.11. The molecule has 0 atom stereocenters. The van der Waals surface area contributed by atoms with E-state index in [4.69, 9.17) is 5.73 Å². The molecule has 0 unspecified atom stereocenters. The molecule has 2 rings (SSSR count). The molecule has 90 valence electrons. The molecule has 16 heavy (non-hydrogen) atoms. The van der Waals surface area contributed by atoms with E-state index in [0.717, 1.165) is 19.3 Å². The fourth-order valence-electron chi connectivity index (χ4n) is 2.41. The van der Waals surface area contributed by atoms with Crippen LogP contribution in [-0.2, 0) is 12.0 Å². The lowest BCUT2D eigenvalue weighted by Crippen LogP contribution is -2.37. The summed E-state index contributed by atoms with van der Waals surface area (Å²) < 4.78 is 0. The Hall–Kier alpha value is -0.410. The second-order valence-electron chi connectivity index (χ2n) is 5.43. The molecule has 0 aliphatic heterocycles. The molecule has 0 spiro atoms. The highest BCUT2D eigenvalue weighted by Gasteiger charge is 2.31. The number of thiazole rings is 1. The van der Waals surface area contributed by atoms with Crippen LogP contribution in [-0.4, -0.2) is 4.98 Å². The van der Waals surface area contributed by atoms with Gasteiger partial charge in [0.05, 0.1) is 10.5 Å². The summed E-state index contributed by atoms with van der Waals surface area (Å²) in [5.74, 6) is 0.680. The maximum atomic E-state index is 6.49. The molecule has 1 heterocycles. The van der Waals surface area contributed by atoms with Crippen LogP contribution in [0.25, 0.3) is 0 Å². The highest BCUT2D eigenvalue weighted by atomic mass is 32.1. The number of aromatic nitrogens is 1. The zero-order valence-electron chi connectivity index (χ0n) is 10.3. The summed E-state index contributed by atoms with van der Waals surface area (Å²) in [6, 6.07) is 0. The molecule has 1 aromatic heterocycles. The van der Waals surface area contributed by atoms with E-state index >= 15 is 0 Å². The Labute approximate surface area is 102 Å². The molecular formula is C13H22N2S. The van der Waals surface area contributed by atoms with Gasteiger partial charge in [-0.3, -0.25) is 0 Å². The molecule has 1 aromatic rings. The van der Waals surface area contributed by atoms with E-state index in [-0.39, 0.29) is 5.54 Å². The zero-order chi connectivity index (χ0) is 11.6. The lowest BCUT2D eigenvalue weighted by Gasteiger charge is -2.32. The summed E-state index contributed by atoms with van der Waals surface area (Å²) in [5.41, 5.74) is 6.43. The van der Waals surface area contributed by atoms with E-state index in [1.165, 1.54) is 29.1 Å². The van der Waals surface area contributed by atoms with Gasteiger partial charge in [-0.1, -0.05) is 33.1 Å². The maximum absolute atomic E-state index is 6.49. The van der Waals surface area contributed by atoms with Gasteiger partial charge in [-0.15, -0.1) is 11.3 Å². The van der Waals surface area contributed by atoms with Crippen LogP contribution >= 0.6 is 11.3 Å². The van der Waals surface area contributed by atoms with Gasteiger partial charge < -0.3 is 5.73 Å². The van der Waals surface area contributed by atoms with Gasteiger partial charge in [0, 0.05) is 17.5 Å².